The van der Waals surface area contributed by atoms with Crippen molar-refractivity contribution in [3.8, 4) is 0 Å². The first-order valence-electron chi connectivity index (χ1n) is 3.70. The van der Waals surface area contributed by atoms with Gasteiger partial charge in [-0.25, -0.2) is 0 Å². The summed E-state index contributed by atoms with van der Waals surface area (Å²) in [4.78, 5) is 0. The van der Waals surface area contributed by atoms with E-state index in [1.54, 1.807) is 6.08 Å². The van der Waals surface area contributed by atoms with Crippen LogP contribution in [0, 0.1) is 0 Å². The van der Waals surface area contributed by atoms with Gasteiger partial charge in [-0.1, -0.05) is 19.1 Å². The monoisotopic (exact) mass is 144 g/mol. The molecule has 0 rings (SSSR count). The van der Waals surface area contributed by atoms with Crippen molar-refractivity contribution in [2.24, 2.45) is 0 Å². The van der Waals surface area contributed by atoms with Crippen LogP contribution in [0.4, 0.5) is 0 Å². The molecule has 0 fully saturated rings. The summed E-state index contributed by atoms with van der Waals surface area (Å²) in [6.07, 6.45) is 4.72. The topological polar surface area (TPSA) is 29.5 Å². The lowest BCUT2D eigenvalue weighted by atomic mass is 10.3. The highest BCUT2D eigenvalue weighted by molar-refractivity contribution is 4.86. The van der Waals surface area contributed by atoms with Crippen LogP contribution in [0.3, 0.4) is 0 Å². The van der Waals surface area contributed by atoms with E-state index >= 15 is 0 Å². The minimum absolute atomic E-state index is 0.0970. The summed E-state index contributed by atoms with van der Waals surface area (Å²) >= 11 is 0. The molecule has 0 amide bonds. The molecule has 0 aliphatic heterocycles. The van der Waals surface area contributed by atoms with Gasteiger partial charge in [0.1, 0.15) is 0 Å². The number of ether oxygens (including phenoxy) is 1. The van der Waals surface area contributed by atoms with Gasteiger partial charge in [-0.15, -0.1) is 0 Å². The van der Waals surface area contributed by atoms with E-state index < -0.39 is 0 Å². The summed E-state index contributed by atoms with van der Waals surface area (Å²) in [5, 5.41) is 8.40. The molecule has 60 valence electrons. The maximum Gasteiger partial charge on any atom is 0.0728 e. The molecule has 0 heterocycles. The molecule has 0 spiro atoms. The van der Waals surface area contributed by atoms with Gasteiger partial charge in [-0.2, -0.15) is 0 Å². The summed E-state index contributed by atoms with van der Waals surface area (Å²) in [6, 6.07) is 0. The van der Waals surface area contributed by atoms with Crippen molar-refractivity contribution in [1.29, 1.82) is 0 Å². The third kappa shape index (κ3) is 5.79. The third-order valence-corrected chi connectivity index (χ3v) is 1.10. The first kappa shape index (κ1) is 9.66. The maximum absolute atomic E-state index is 8.40. The molecular formula is C8H16O2. The largest absolute Gasteiger partial charge is 0.392 e. The number of aliphatic hydroxyl groups is 1. The lowest BCUT2D eigenvalue weighted by molar-refractivity contribution is 0.0976. The van der Waals surface area contributed by atoms with E-state index in [9.17, 15) is 0 Å². The molecule has 2 nitrogen and oxygen atoms in total. The molecule has 0 aliphatic rings. The molecule has 1 unspecified atom stereocenters. The van der Waals surface area contributed by atoms with Crippen molar-refractivity contribution >= 4 is 0 Å². The Labute approximate surface area is 62.5 Å². The second-order valence-electron chi connectivity index (χ2n) is 2.19. The van der Waals surface area contributed by atoms with Crippen LogP contribution >= 0.6 is 0 Å². The summed E-state index contributed by atoms with van der Waals surface area (Å²) in [5.41, 5.74) is 0. The fourth-order valence-electron chi connectivity index (χ4n) is 0.612. The smallest absolute Gasteiger partial charge is 0.0728 e. The highest BCUT2D eigenvalue weighted by Gasteiger charge is 1.92. The van der Waals surface area contributed by atoms with E-state index in [-0.39, 0.29) is 12.7 Å². The number of hydrogen-bond acceptors (Lipinski definition) is 2. The van der Waals surface area contributed by atoms with Crippen molar-refractivity contribution in [2.75, 3.05) is 13.2 Å². The second-order valence-corrected chi connectivity index (χ2v) is 2.19. The van der Waals surface area contributed by atoms with Crippen LogP contribution in [0.1, 0.15) is 20.3 Å². The van der Waals surface area contributed by atoms with Crippen molar-refractivity contribution in [1.82, 2.24) is 0 Å². The van der Waals surface area contributed by atoms with Gasteiger partial charge in [0.25, 0.3) is 0 Å². The molecule has 2 heteroatoms. The van der Waals surface area contributed by atoms with Crippen LogP contribution < -0.4 is 0 Å². The molecule has 1 atom stereocenters. The van der Waals surface area contributed by atoms with E-state index in [4.69, 9.17) is 9.84 Å². The van der Waals surface area contributed by atoms with Crippen molar-refractivity contribution < 1.29 is 9.84 Å². The fraction of sp³-hybridized carbons (Fsp3) is 0.750. The zero-order chi connectivity index (χ0) is 7.82. The Kier molecular flexibility index (Phi) is 6.55. The van der Waals surface area contributed by atoms with Gasteiger partial charge in [0.15, 0.2) is 0 Å². The number of rotatable bonds is 5. The summed E-state index contributed by atoms with van der Waals surface area (Å²) in [6.45, 7) is 4.92. The maximum atomic E-state index is 8.40. The average molecular weight is 144 g/mol. The minimum Gasteiger partial charge on any atom is -0.392 e. The summed E-state index contributed by atoms with van der Waals surface area (Å²) < 4.78 is 5.30. The SMILES string of the molecule is CCCOC(C)/C=C/CO. The van der Waals surface area contributed by atoms with E-state index in [0.717, 1.165) is 13.0 Å². The van der Waals surface area contributed by atoms with Crippen molar-refractivity contribution in [2.45, 2.75) is 26.4 Å². The predicted molar refractivity (Wildman–Crippen MR) is 41.9 cm³/mol. The molecule has 1 N–H and O–H groups in total. The van der Waals surface area contributed by atoms with E-state index in [1.807, 2.05) is 13.0 Å². The molecule has 0 aromatic carbocycles. The highest BCUT2D eigenvalue weighted by Crippen LogP contribution is 1.93. The zero-order valence-electron chi connectivity index (χ0n) is 6.71. The van der Waals surface area contributed by atoms with E-state index in [2.05, 4.69) is 6.92 Å². The van der Waals surface area contributed by atoms with Crippen LogP contribution in [0.15, 0.2) is 12.2 Å². The Balaban J connectivity index is 3.24. The lowest BCUT2D eigenvalue weighted by Crippen LogP contribution is -2.04. The molecule has 0 saturated carbocycles. The predicted octanol–water partition coefficient (Wildman–Crippen LogP) is 1.35. The van der Waals surface area contributed by atoms with Gasteiger partial charge < -0.3 is 9.84 Å². The van der Waals surface area contributed by atoms with Gasteiger partial charge in [-0.3, -0.25) is 0 Å². The van der Waals surface area contributed by atoms with Crippen molar-refractivity contribution in [3.05, 3.63) is 12.2 Å². The molecule has 10 heavy (non-hydrogen) atoms. The highest BCUT2D eigenvalue weighted by atomic mass is 16.5. The molecule has 0 aromatic heterocycles. The summed E-state index contributed by atoms with van der Waals surface area (Å²) in [5.74, 6) is 0. The van der Waals surface area contributed by atoms with Crippen molar-refractivity contribution in [3.63, 3.8) is 0 Å². The Morgan fingerprint density at radius 3 is 2.80 bits per heavy atom. The van der Waals surface area contributed by atoms with Gasteiger partial charge in [0.05, 0.1) is 12.7 Å². The second kappa shape index (κ2) is 6.78. The van der Waals surface area contributed by atoms with Crippen LogP contribution in [0.5, 0.6) is 0 Å². The van der Waals surface area contributed by atoms with Crippen LogP contribution in [0.2, 0.25) is 0 Å². The molecule has 0 aliphatic carbocycles. The van der Waals surface area contributed by atoms with Gasteiger partial charge in [0, 0.05) is 6.61 Å². The lowest BCUT2D eigenvalue weighted by Gasteiger charge is -2.05. The standard InChI is InChI=1S/C8H16O2/c1-3-7-10-8(2)5-4-6-9/h4-5,8-9H,3,6-7H2,1-2H3/b5-4+. The first-order chi connectivity index (χ1) is 4.81. The van der Waals surface area contributed by atoms with Gasteiger partial charge in [-0.05, 0) is 13.3 Å². The normalized spacial score (nSPS) is 14.3. The first-order valence-corrected chi connectivity index (χ1v) is 3.70. The van der Waals surface area contributed by atoms with Crippen LogP contribution in [0.25, 0.3) is 0 Å². The quantitative estimate of drug-likeness (QED) is 0.590. The van der Waals surface area contributed by atoms with Gasteiger partial charge in [0.2, 0.25) is 0 Å². The molecule has 0 radical (unpaired) electrons. The molecular weight excluding hydrogens is 128 g/mol. The Morgan fingerprint density at radius 1 is 1.60 bits per heavy atom. The Hall–Kier alpha value is -0.340. The Morgan fingerprint density at radius 2 is 2.30 bits per heavy atom. The third-order valence-electron chi connectivity index (χ3n) is 1.10. The van der Waals surface area contributed by atoms with Crippen LogP contribution in [-0.2, 0) is 4.74 Å². The average Bonchev–Trinajstić information content (AvgIpc) is 1.97. The summed E-state index contributed by atoms with van der Waals surface area (Å²) in [7, 11) is 0. The number of hydrogen-bond donors (Lipinski definition) is 1. The number of aliphatic hydroxyl groups excluding tert-OH is 1. The molecule has 0 saturated heterocycles. The van der Waals surface area contributed by atoms with Gasteiger partial charge >= 0.3 is 0 Å². The fourth-order valence-corrected chi connectivity index (χ4v) is 0.612. The molecule has 0 bridgehead atoms. The minimum atomic E-state index is 0.0970. The zero-order valence-corrected chi connectivity index (χ0v) is 6.71. The van der Waals surface area contributed by atoms with E-state index in [0.29, 0.717) is 0 Å². The Bertz CT molecular complexity index is 89.3. The molecule has 0 aromatic rings. The van der Waals surface area contributed by atoms with E-state index in [1.165, 1.54) is 0 Å². The van der Waals surface area contributed by atoms with Crippen LogP contribution in [-0.4, -0.2) is 24.4 Å².